The van der Waals surface area contributed by atoms with Crippen molar-refractivity contribution in [3.8, 4) is 5.75 Å². The van der Waals surface area contributed by atoms with E-state index in [1.54, 1.807) is 0 Å². The van der Waals surface area contributed by atoms with Gasteiger partial charge in [0.15, 0.2) is 0 Å². The fraction of sp³-hybridized carbons (Fsp3) is 0.600. The lowest BCUT2D eigenvalue weighted by Crippen LogP contribution is -2.30. The van der Waals surface area contributed by atoms with Crippen LogP contribution in [0, 0.1) is 0 Å². The van der Waals surface area contributed by atoms with E-state index in [2.05, 4.69) is 30.4 Å². The Bertz CT molecular complexity index is 369. The van der Waals surface area contributed by atoms with E-state index in [0.29, 0.717) is 5.92 Å². The molecule has 0 saturated heterocycles. The molecule has 0 radical (unpaired) electrons. The molecule has 1 aliphatic heterocycles. The van der Waals surface area contributed by atoms with Crippen molar-refractivity contribution in [1.29, 1.82) is 0 Å². The highest BCUT2D eigenvalue weighted by molar-refractivity contribution is 6.20. The smallest absolute Gasteiger partial charge is 0.122 e. The number of rotatable bonds is 6. The van der Waals surface area contributed by atoms with E-state index in [1.807, 2.05) is 6.07 Å². The summed E-state index contributed by atoms with van der Waals surface area (Å²) in [7, 11) is 0. The number of benzene rings is 1. The van der Waals surface area contributed by atoms with Crippen LogP contribution >= 0.6 is 11.6 Å². The quantitative estimate of drug-likeness (QED) is 0.796. The van der Waals surface area contributed by atoms with Crippen molar-refractivity contribution in [3.63, 3.8) is 0 Å². The van der Waals surface area contributed by atoms with Crippen molar-refractivity contribution in [2.24, 2.45) is 0 Å². The lowest BCUT2D eigenvalue weighted by molar-refractivity contribution is 0.264. The Hall–Kier alpha value is -0.730. The Morgan fingerprint density at radius 1 is 1.44 bits per heavy atom. The van der Waals surface area contributed by atoms with Crippen LogP contribution in [0.3, 0.4) is 0 Å². The fourth-order valence-electron chi connectivity index (χ4n) is 2.46. The highest BCUT2D eigenvalue weighted by Gasteiger charge is 2.20. The lowest BCUT2D eigenvalue weighted by atomic mass is 9.93. The standard InChI is InChI=1S/C15H22ClNO/c1-2-5-13(16)11-17-10-12-8-9-18-15-7-4-3-6-14(12)15/h3-4,6-7,12-13,17H,2,5,8-11H2,1H3. The van der Waals surface area contributed by atoms with Gasteiger partial charge < -0.3 is 10.1 Å². The Morgan fingerprint density at radius 3 is 3.11 bits per heavy atom. The van der Waals surface area contributed by atoms with Gasteiger partial charge in [0.2, 0.25) is 0 Å². The van der Waals surface area contributed by atoms with Crippen molar-refractivity contribution < 1.29 is 4.74 Å². The van der Waals surface area contributed by atoms with Crippen LogP contribution in [0.5, 0.6) is 5.75 Å². The molecule has 0 amide bonds. The van der Waals surface area contributed by atoms with Gasteiger partial charge >= 0.3 is 0 Å². The molecule has 1 aromatic rings. The van der Waals surface area contributed by atoms with Crippen LogP contribution in [0.15, 0.2) is 24.3 Å². The third kappa shape index (κ3) is 3.63. The largest absolute Gasteiger partial charge is 0.493 e. The normalized spacial score (nSPS) is 20.0. The van der Waals surface area contributed by atoms with E-state index < -0.39 is 0 Å². The average molecular weight is 268 g/mol. The summed E-state index contributed by atoms with van der Waals surface area (Å²) in [6.07, 6.45) is 3.32. The summed E-state index contributed by atoms with van der Waals surface area (Å²) in [4.78, 5) is 0. The maximum Gasteiger partial charge on any atom is 0.122 e. The van der Waals surface area contributed by atoms with Crippen molar-refractivity contribution >= 4 is 11.6 Å². The summed E-state index contributed by atoms with van der Waals surface area (Å²) in [5, 5.41) is 3.75. The SMILES string of the molecule is CCCC(Cl)CNCC1CCOc2ccccc21. The van der Waals surface area contributed by atoms with Crippen LogP contribution in [-0.2, 0) is 0 Å². The Morgan fingerprint density at radius 2 is 2.28 bits per heavy atom. The van der Waals surface area contributed by atoms with Gasteiger partial charge in [-0.05, 0) is 24.5 Å². The molecule has 18 heavy (non-hydrogen) atoms. The number of ether oxygens (including phenoxy) is 1. The molecule has 0 aromatic heterocycles. The molecule has 2 atom stereocenters. The molecule has 1 N–H and O–H groups in total. The second-order valence-corrected chi connectivity index (χ2v) is 5.53. The summed E-state index contributed by atoms with van der Waals surface area (Å²) < 4.78 is 5.67. The summed E-state index contributed by atoms with van der Waals surface area (Å²) in [6.45, 7) is 4.88. The van der Waals surface area contributed by atoms with E-state index in [9.17, 15) is 0 Å². The van der Waals surface area contributed by atoms with E-state index >= 15 is 0 Å². The van der Waals surface area contributed by atoms with Crippen LogP contribution in [0.2, 0.25) is 0 Å². The lowest BCUT2D eigenvalue weighted by Gasteiger charge is -2.26. The summed E-state index contributed by atoms with van der Waals surface area (Å²) >= 11 is 6.21. The van der Waals surface area contributed by atoms with Crippen molar-refractivity contribution in [3.05, 3.63) is 29.8 Å². The Kier molecular flexibility index (Phi) is 5.33. The van der Waals surface area contributed by atoms with E-state index in [1.165, 1.54) is 5.56 Å². The molecular weight excluding hydrogens is 246 g/mol. The molecule has 0 aliphatic carbocycles. The van der Waals surface area contributed by atoms with Crippen molar-refractivity contribution in [2.75, 3.05) is 19.7 Å². The molecule has 100 valence electrons. The predicted octanol–water partition coefficient (Wildman–Crippen LogP) is 3.55. The van der Waals surface area contributed by atoms with Crippen molar-refractivity contribution in [2.45, 2.75) is 37.5 Å². The molecule has 2 rings (SSSR count). The number of halogens is 1. The Balaban J connectivity index is 1.84. The van der Waals surface area contributed by atoms with Gasteiger partial charge in [-0.3, -0.25) is 0 Å². The van der Waals surface area contributed by atoms with Crippen LogP contribution in [-0.4, -0.2) is 25.1 Å². The van der Waals surface area contributed by atoms with Gasteiger partial charge in [-0.25, -0.2) is 0 Å². The first-order valence-electron chi connectivity index (χ1n) is 6.87. The number of nitrogens with one attached hydrogen (secondary N) is 1. The molecule has 2 nitrogen and oxygen atoms in total. The van der Waals surface area contributed by atoms with Gasteiger partial charge in [-0.2, -0.15) is 0 Å². The van der Waals surface area contributed by atoms with E-state index in [4.69, 9.17) is 16.3 Å². The molecule has 1 aliphatic rings. The van der Waals surface area contributed by atoms with Gasteiger partial charge in [0, 0.05) is 24.4 Å². The third-order valence-corrected chi connectivity index (χ3v) is 3.81. The zero-order valence-corrected chi connectivity index (χ0v) is 11.7. The number of para-hydroxylation sites is 1. The fourth-order valence-corrected chi connectivity index (χ4v) is 2.78. The van der Waals surface area contributed by atoms with Crippen LogP contribution in [0.25, 0.3) is 0 Å². The maximum absolute atomic E-state index is 6.21. The van der Waals surface area contributed by atoms with Crippen molar-refractivity contribution in [1.82, 2.24) is 5.32 Å². The topological polar surface area (TPSA) is 21.3 Å². The molecule has 2 unspecified atom stereocenters. The minimum Gasteiger partial charge on any atom is -0.493 e. The first kappa shape index (κ1) is 13.7. The predicted molar refractivity (Wildman–Crippen MR) is 76.7 cm³/mol. The number of hydrogen-bond donors (Lipinski definition) is 1. The van der Waals surface area contributed by atoms with Gasteiger partial charge in [-0.1, -0.05) is 31.5 Å². The van der Waals surface area contributed by atoms with Crippen LogP contribution in [0.1, 0.15) is 37.7 Å². The molecular formula is C15H22ClNO. The maximum atomic E-state index is 6.21. The Labute approximate surface area is 115 Å². The second-order valence-electron chi connectivity index (χ2n) is 4.92. The molecule has 3 heteroatoms. The average Bonchev–Trinajstić information content (AvgIpc) is 2.39. The van der Waals surface area contributed by atoms with E-state index in [0.717, 1.165) is 44.7 Å². The third-order valence-electron chi connectivity index (χ3n) is 3.44. The monoisotopic (exact) mass is 267 g/mol. The van der Waals surface area contributed by atoms with Gasteiger partial charge in [0.1, 0.15) is 5.75 Å². The molecule has 1 aromatic carbocycles. The summed E-state index contributed by atoms with van der Waals surface area (Å²) in [6, 6.07) is 8.35. The number of hydrogen-bond acceptors (Lipinski definition) is 2. The number of fused-ring (bicyclic) bond motifs is 1. The highest BCUT2D eigenvalue weighted by Crippen LogP contribution is 2.32. The summed E-state index contributed by atoms with van der Waals surface area (Å²) in [5.74, 6) is 1.60. The molecule has 0 saturated carbocycles. The highest BCUT2D eigenvalue weighted by atomic mass is 35.5. The molecule has 1 heterocycles. The minimum absolute atomic E-state index is 0.255. The van der Waals surface area contributed by atoms with Crippen LogP contribution in [0.4, 0.5) is 0 Å². The minimum atomic E-state index is 0.255. The second kappa shape index (κ2) is 7.01. The summed E-state index contributed by atoms with van der Waals surface area (Å²) in [5.41, 5.74) is 1.33. The zero-order valence-electron chi connectivity index (χ0n) is 11.0. The van der Waals surface area contributed by atoms with Gasteiger partial charge in [0.05, 0.1) is 6.61 Å². The van der Waals surface area contributed by atoms with E-state index in [-0.39, 0.29) is 5.38 Å². The number of alkyl halides is 1. The van der Waals surface area contributed by atoms with Gasteiger partial charge in [0.25, 0.3) is 0 Å². The van der Waals surface area contributed by atoms with Crippen LogP contribution < -0.4 is 10.1 Å². The molecule has 0 spiro atoms. The first-order valence-corrected chi connectivity index (χ1v) is 7.31. The molecule has 0 fully saturated rings. The first-order chi connectivity index (χ1) is 8.81. The van der Waals surface area contributed by atoms with Gasteiger partial charge in [-0.15, -0.1) is 11.6 Å². The molecule has 0 bridgehead atoms. The zero-order chi connectivity index (χ0) is 12.8.